The molecule has 32 heavy (non-hydrogen) atoms. The molecule has 0 saturated heterocycles. The molecule has 3 aromatic rings. The lowest BCUT2D eigenvalue weighted by molar-refractivity contribution is 0.0929. The predicted molar refractivity (Wildman–Crippen MR) is 122 cm³/mol. The van der Waals surface area contributed by atoms with Crippen LogP contribution in [0.4, 0.5) is 0 Å². The summed E-state index contributed by atoms with van der Waals surface area (Å²) in [6.45, 7) is 1.93. The van der Waals surface area contributed by atoms with Gasteiger partial charge in [0.05, 0.1) is 26.3 Å². The Morgan fingerprint density at radius 1 is 1.00 bits per heavy atom. The first-order chi connectivity index (χ1) is 15.5. The quantitative estimate of drug-likeness (QED) is 0.565. The Balaban J connectivity index is 1.46. The molecule has 6 heteroatoms. The number of fused-ring (bicyclic) bond motifs is 1. The number of hydrogen-bond acceptors (Lipinski definition) is 5. The fourth-order valence-electron chi connectivity index (χ4n) is 4.01. The molecule has 0 spiro atoms. The molecule has 0 aliphatic carbocycles. The molecule has 6 nitrogen and oxygen atoms in total. The Bertz CT molecular complexity index is 1170. The number of hydrogen-bond donors (Lipinski definition) is 1. The van der Waals surface area contributed by atoms with E-state index < -0.39 is 0 Å². The minimum Gasteiger partial charge on any atom is -0.493 e. The van der Waals surface area contributed by atoms with Gasteiger partial charge >= 0.3 is 0 Å². The fourth-order valence-corrected chi connectivity index (χ4v) is 4.01. The lowest BCUT2D eigenvalue weighted by Crippen LogP contribution is -2.34. The molecule has 164 valence electrons. The molecule has 0 bridgehead atoms. The Hall–Kier alpha value is -3.80. The van der Waals surface area contributed by atoms with Gasteiger partial charge in [0.1, 0.15) is 11.9 Å². The van der Waals surface area contributed by atoms with Gasteiger partial charge in [-0.15, -0.1) is 0 Å². The SMILES string of the molecule is COc1cccc(C(=O)NCC2Cc3cc(-c4ccccc4C(C)=O)ccc3O2)c1OC. The summed E-state index contributed by atoms with van der Waals surface area (Å²) in [7, 11) is 3.04. The second-order valence-electron chi connectivity index (χ2n) is 7.62. The van der Waals surface area contributed by atoms with E-state index in [1.165, 1.54) is 14.2 Å². The highest BCUT2D eigenvalue weighted by Crippen LogP contribution is 2.34. The average molecular weight is 431 g/mol. The van der Waals surface area contributed by atoms with Crippen molar-refractivity contribution in [2.75, 3.05) is 20.8 Å². The van der Waals surface area contributed by atoms with Gasteiger partial charge in [0.25, 0.3) is 5.91 Å². The monoisotopic (exact) mass is 431 g/mol. The normalized spacial score (nSPS) is 14.3. The molecule has 1 amide bonds. The fraction of sp³-hybridized carbons (Fsp3) is 0.231. The third kappa shape index (κ3) is 4.17. The standard InChI is InChI=1S/C26H25NO5/c1-16(28)20-7-4-5-8-21(20)17-11-12-23-18(13-17)14-19(32-23)15-27-26(29)22-9-6-10-24(30-2)25(22)31-3/h4-13,19H,14-15H2,1-3H3,(H,27,29). The number of para-hydroxylation sites is 1. The second-order valence-corrected chi connectivity index (χ2v) is 7.62. The van der Waals surface area contributed by atoms with Gasteiger partial charge in [-0.05, 0) is 47.9 Å². The number of methoxy groups -OCH3 is 2. The van der Waals surface area contributed by atoms with E-state index in [2.05, 4.69) is 11.4 Å². The predicted octanol–water partition coefficient (Wildman–Crippen LogP) is 4.31. The van der Waals surface area contributed by atoms with Crippen LogP contribution < -0.4 is 19.5 Å². The third-order valence-electron chi connectivity index (χ3n) is 5.56. The van der Waals surface area contributed by atoms with E-state index in [-0.39, 0.29) is 17.8 Å². The maximum absolute atomic E-state index is 12.7. The molecule has 1 aliphatic heterocycles. The largest absolute Gasteiger partial charge is 0.493 e. The van der Waals surface area contributed by atoms with Crippen molar-refractivity contribution in [1.82, 2.24) is 5.32 Å². The number of ether oxygens (including phenoxy) is 3. The summed E-state index contributed by atoms with van der Waals surface area (Å²) in [5, 5.41) is 2.93. The maximum atomic E-state index is 12.7. The number of Topliss-reactive ketones (excluding diaryl/α,β-unsaturated/α-hetero) is 1. The molecule has 0 fully saturated rings. The first-order valence-electron chi connectivity index (χ1n) is 10.4. The molecule has 0 aromatic heterocycles. The van der Waals surface area contributed by atoms with Gasteiger partial charge in [-0.3, -0.25) is 9.59 Å². The number of carbonyl (C=O) groups excluding carboxylic acids is 2. The van der Waals surface area contributed by atoms with Crippen molar-refractivity contribution in [2.24, 2.45) is 0 Å². The lowest BCUT2D eigenvalue weighted by atomic mass is 9.95. The highest BCUT2D eigenvalue weighted by Gasteiger charge is 2.25. The summed E-state index contributed by atoms with van der Waals surface area (Å²) in [4.78, 5) is 24.7. The summed E-state index contributed by atoms with van der Waals surface area (Å²) < 4.78 is 16.6. The topological polar surface area (TPSA) is 73.9 Å². The van der Waals surface area contributed by atoms with Gasteiger partial charge in [-0.2, -0.15) is 0 Å². The zero-order valence-electron chi connectivity index (χ0n) is 18.3. The van der Waals surface area contributed by atoms with Gasteiger partial charge in [0, 0.05) is 12.0 Å². The number of carbonyl (C=O) groups is 2. The van der Waals surface area contributed by atoms with Crippen LogP contribution in [0.3, 0.4) is 0 Å². The first kappa shape index (κ1) is 21.4. The zero-order chi connectivity index (χ0) is 22.7. The van der Waals surface area contributed by atoms with E-state index in [0.29, 0.717) is 35.6 Å². The number of nitrogens with one attached hydrogen (secondary N) is 1. The van der Waals surface area contributed by atoms with Crippen LogP contribution in [0.2, 0.25) is 0 Å². The summed E-state index contributed by atoms with van der Waals surface area (Å²) in [5.74, 6) is 1.48. The van der Waals surface area contributed by atoms with Crippen LogP contribution in [0.15, 0.2) is 60.7 Å². The molecule has 1 unspecified atom stereocenters. The molecule has 1 atom stereocenters. The summed E-state index contributed by atoms with van der Waals surface area (Å²) in [6.07, 6.45) is 0.491. The van der Waals surface area contributed by atoms with Crippen LogP contribution in [0.1, 0.15) is 33.2 Å². The Morgan fingerprint density at radius 3 is 2.53 bits per heavy atom. The van der Waals surface area contributed by atoms with E-state index in [4.69, 9.17) is 14.2 Å². The average Bonchev–Trinajstić information content (AvgIpc) is 3.24. The number of ketones is 1. The molecule has 0 radical (unpaired) electrons. The minimum absolute atomic E-state index is 0.0332. The van der Waals surface area contributed by atoms with Crippen LogP contribution >= 0.6 is 0 Å². The van der Waals surface area contributed by atoms with Crippen molar-refractivity contribution in [3.05, 3.63) is 77.4 Å². The smallest absolute Gasteiger partial charge is 0.255 e. The van der Waals surface area contributed by atoms with Crippen molar-refractivity contribution < 1.29 is 23.8 Å². The van der Waals surface area contributed by atoms with E-state index in [9.17, 15) is 9.59 Å². The number of benzene rings is 3. The summed E-state index contributed by atoms with van der Waals surface area (Å²) in [5.41, 5.74) is 4.04. The van der Waals surface area contributed by atoms with Crippen molar-refractivity contribution in [3.8, 4) is 28.4 Å². The van der Waals surface area contributed by atoms with E-state index in [1.807, 2.05) is 36.4 Å². The highest BCUT2D eigenvalue weighted by molar-refractivity contribution is 6.01. The van der Waals surface area contributed by atoms with Gasteiger partial charge < -0.3 is 19.5 Å². The van der Waals surface area contributed by atoms with Crippen LogP contribution in [-0.4, -0.2) is 38.6 Å². The van der Waals surface area contributed by atoms with Crippen molar-refractivity contribution >= 4 is 11.7 Å². The first-order valence-corrected chi connectivity index (χ1v) is 10.4. The van der Waals surface area contributed by atoms with Crippen molar-refractivity contribution in [2.45, 2.75) is 19.4 Å². The second kappa shape index (κ2) is 9.14. The van der Waals surface area contributed by atoms with Crippen LogP contribution in [-0.2, 0) is 6.42 Å². The third-order valence-corrected chi connectivity index (χ3v) is 5.56. The van der Waals surface area contributed by atoms with Crippen LogP contribution in [0.5, 0.6) is 17.2 Å². The van der Waals surface area contributed by atoms with E-state index in [1.54, 1.807) is 25.1 Å². The Kier molecular flexibility index (Phi) is 6.12. The molecule has 0 saturated carbocycles. The molecular weight excluding hydrogens is 406 g/mol. The van der Waals surface area contributed by atoms with Crippen LogP contribution in [0.25, 0.3) is 11.1 Å². The van der Waals surface area contributed by atoms with Crippen molar-refractivity contribution in [1.29, 1.82) is 0 Å². The molecule has 1 aliphatic rings. The van der Waals surface area contributed by atoms with Crippen molar-refractivity contribution in [3.63, 3.8) is 0 Å². The highest BCUT2D eigenvalue weighted by atomic mass is 16.5. The summed E-state index contributed by atoms with van der Waals surface area (Å²) in [6, 6.07) is 18.7. The molecule has 1 N–H and O–H groups in total. The Labute approximate surface area is 187 Å². The molecule has 1 heterocycles. The molecular formula is C26H25NO5. The van der Waals surface area contributed by atoms with Gasteiger partial charge in [0.2, 0.25) is 0 Å². The zero-order valence-corrected chi connectivity index (χ0v) is 18.3. The van der Waals surface area contributed by atoms with Crippen LogP contribution in [0, 0.1) is 0 Å². The Morgan fingerprint density at radius 2 is 1.78 bits per heavy atom. The molecule has 4 rings (SSSR count). The summed E-state index contributed by atoms with van der Waals surface area (Å²) >= 11 is 0. The number of amides is 1. The van der Waals surface area contributed by atoms with Gasteiger partial charge in [-0.25, -0.2) is 0 Å². The molecule has 3 aromatic carbocycles. The van der Waals surface area contributed by atoms with Gasteiger partial charge in [-0.1, -0.05) is 36.4 Å². The number of rotatable bonds is 7. The van der Waals surface area contributed by atoms with E-state index >= 15 is 0 Å². The van der Waals surface area contributed by atoms with Gasteiger partial charge in [0.15, 0.2) is 17.3 Å². The lowest BCUT2D eigenvalue weighted by Gasteiger charge is -2.15. The maximum Gasteiger partial charge on any atom is 0.255 e. The minimum atomic E-state index is -0.253. The van der Waals surface area contributed by atoms with E-state index in [0.717, 1.165) is 22.4 Å².